The standard InChI is InChI=1S/C22H24ClNO3/c23-19-9-7-18(8-10-19)22(15-20-26-13-14-27-20)11-4-12-24(16-22)21(25)17-5-2-1-3-6-17/h1-3,5-10,20H,4,11-16H2/t22-/m1/s1. The summed E-state index contributed by atoms with van der Waals surface area (Å²) in [6.45, 7) is 2.70. The van der Waals surface area contributed by atoms with Crippen LogP contribution in [0.25, 0.3) is 0 Å². The van der Waals surface area contributed by atoms with E-state index in [2.05, 4.69) is 12.1 Å². The summed E-state index contributed by atoms with van der Waals surface area (Å²) < 4.78 is 11.5. The first kappa shape index (κ1) is 18.5. The largest absolute Gasteiger partial charge is 0.350 e. The predicted molar refractivity (Wildman–Crippen MR) is 105 cm³/mol. The Hall–Kier alpha value is -1.88. The highest BCUT2D eigenvalue weighted by atomic mass is 35.5. The van der Waals surface area contributed by atoms with Crippen molar-refractivity contribution < 1.29 is 14.3 Å². The molecule has 0 spiro atoms. The lowest BCUT2D eigenvalue weighted by molar-refractivity contribution is -0.0682. The first-order valence-corrected chi connectivity index (χ1v) is 9.88. The van der Waals surface area contributed by atoms with Crippen LogP contribution in [0.15, 0.2) is 54.6 Å². The van der Waals surface area contributed by atoms with Gasteiger partial charge in [0.2, 0.25) is 0 Å². The van der Waals surface area contributed by atoms with E-state index in [-0.39, 0.29) is 17.6 Å². The van der Waals surface area contributed by atoms with Gasteiger partial charge in [-0.2, -0.15) is 0 Å². The van der Waals surface area contributed by atoms with Crippen molar-refractivity contribution in [3.8, 4) is 0 Å². The molecule has 0 saturated carbocycles. The number of benzene rings is 2. The molecule has 0 aliphatic carbocycles. The Labute approximate surface area is 165 Å². The van der Waals surface area contributed by atoms with Crippen LogP contribution in [0, 0.1) is 0 Å². The van der Waals surface area contributed by atoms with E-state index in [1.807, 2.05) is 47.4 Å². The predicted octanol–water partition coefficient (Wildman–Crippen LogP) is 4.28. The highest BCUT2D eigenvalue weighted by Gasteiger charge is 2.41. The molecule has 5 heteroatoms. The van der Waals surface area contributed by atoms with E-state index in [1.54, 1.807) is 0 Å². The van der Waals surface area contributed by atoms with Crippen molar-refractivity contribution in [3.05, 3.63) is 70.7 Å². The molecule has 2 aromatic carbocycles. The summed E-state index contributed by atoms with van der Waals surface area (Å²) in [6.07, 6.45) is 2.48. The Balaban J connectivity index is 1.63. The van der Waals surface area contributed by atoms with Crippen molar-refractivity contribution >= 4 is 17.5 Å². The summed E-state index contributed by atoms with van der Waals surface area (Å²) >= 11 is 6.11. The minimum Gasteiger partial charge on any atom is -0.350 e. The second-order valence-corrected chi connectivity index (χ2v) is 7.80. The lowest BCUT2D eigenvalue weighted by Gasteiger charge is -2.44. The van der Waals surface area contributed by atoms with Gasteiger partial charge in [0, 0.05) is 35.5 Å². The zero-order valence-electron chi connectivity index (χ0n) is 15.3. The van der Waals surface area contributed by atoms with E-state index in [4.69, 9.17) is 21.1 Å². The van der Waals surface area contributed by atoms with Crippen molar-refractivity contribution in [2.45, 2.75) is 31.0 Å². The first-order valence-electron chi connectivity index (χ1n) is 9.50. The molecule has 2 aliphatic rings. The number of likely N-dealkylation sites (tertiary alicyclic amines) is 1. The van der Waals surface area contributed by atoms with E-state index >= 15 is 0 Å². The number of piperidine rings is 1. The summed E-state index contributed by atoms with van der Waals surface area (Å²) in [5.41, 5.74) is 1.73. The van der Waals surface area contributed by atoms with E-state index < -0.39 is 0 Å². The third kappa shape index (κ3) is 4.03. The third-order valence-corrected chi connectivity index (χ3v) is 5.84. The van der Waals surface area contributed by atoms with Crippen molar-refractivity contribution in [3.63, 3.8) is 0 Å². The van der Waals surface area contributed by atoms with Crippen LogP contribution in [-0.2, 0) is 14.9 Å². The molecule has 0 unspecified atom stereocenters. The SMILES string of the molecule is O=C(c1ccccc1)N1CCC[C@](CC2OCCO2)(c2ccc(Cl)cc2)C1. The van der Waals surface area contributed by atoms with E-state index in [1.165, 1.54) is 5.56 Å². The van der Waals surface area contributed by atoms with E-state index in [0.29, 0.717) is 19.8 Å². The van der Waals surface area contributed by atoms with Crippen LogP contribution in [0.1, 0.15) is 35.2 Å². The minimum atomic E-state index is -0.215. The average molecular weight is 386 g/mol. The zero-order valence-corrected chi connectivity index (χ0v) is 16.0. The van der Waals surface area contributed by atoms with Gasteiger partial charge < -0.3 is 14.4 Å². The molecule has 27 heavy (non-hydrogen) atoms. The van der Waals surface area contributed by atoms with Gasteiger partial charge in [0.15, 0.2) is 6.29 Å². The van der Waals surface area contributed by atoms with Crippen LogP contribution in [-0.4, -0.2) is 43.4 Å². The van der Waals surface area contributed by atoms with Crippen molar-refractivity contribution in [1.29, 1.82) is 0 Å². The number of carbonyl (C=O) groups excluding carboxylic acids is 1. The van der Waals surface area contributed by atoms with Crippen LogP contribution < -0.4 is 0 Å². The quantitative estimate of drug-likeness (QED) is 0.788. The molecule has 0 bridgehead atoms. The summed E-state index contributed by atoms with van der Waals surface area (Å²) in [5.74, 6) is 0.0851. The molecule has 1 amide bonds. The van der Waals surface area contributed by atoms with Gasteiger partial charge in [0.05, 0.1) is 13.2 Å². The Bertz CT molecular complexity index is 774. The average Bonchev–Trinajstić information content (AvgIpc) is 3.21. The summed E-state index contributed by atoms with van der Waals surface area (Å²) in [7, 11) is 0. The Morgan fingerprint density at radius 1 is 1.07 bits per heavy atom. The zero-order chi connectivity index (χ0) is 18.7. The Kier molecular flexibility index (Phi) is 5.48. The van der Waals surface area contributed by atoms with Crippen molar-refractivity contribution in [2.24, 2.45) is 0 Å². The normalized spacial score (nSPS) is 23.5. The smallest absolute Gasteiger partial charge is 0.253 e. The number of carbonyl (C=O) groups is 1. The molecule has 2 aliphatic heterocycles. The fourth-order valence-corrected chi connectivity index (χ4v) is 4.36. The lowest BCUT2D eigenvalue weighted by Crippen LogP contribution is -2.50. The van der Waals surface area contributed by atoms with Crippen molar-refractivity contribution in [2.75, 3.05) is 26.3 Å². The minimum absolute atomic E-state index is 0.0851. The first-order chi connectivity index (χ1) is 13.2. The van der Waals surface area contributed by atoms with Crippen LogP contribution >= 0.6 is 11.6 Å². The number of hydrogen-bond donors (Lipinski definition) is 0. The van der Waals surface area contributed by atoms with E-state index in [0.717, 1.165) is 36.4 Å². The maximum absolute atomic E-state index is 13.1. The Morgan fingerprint density at radius 3 is 2.48 bits per heavy atom. The number of amides is 1. The number of ether oxygens (including phenoxy) is 2. The van der Waals surface area contributed by atoms with Gasteiger partial charge >= 0.3 is 0 Å². The highest BCUT2D eigenvalue weighted by Crippen LogP contribution is 2.40. The Morgan fingerprint density at radius 2 is 1.78 bits per heavy atom. The number of nitrogens with zero attached hydrogens (tertiary/aromatic N) is 1. The highest BCUT2D eigenvalue weighted by molar-refractivity contribution is 6.30. The molecule has 4 rings (SSSR count). The molecule has 0 radical (unpaired) electrons. The second kappa shape index (κ2) is 8.01. The molecular formula is C22H24ClNO3. The summed E-state index contributed by atoms with van der Waals surface area (Å²) in [5, 5.41) is 0.718. The molecule has 2 heterocycles. The van der Waals surface area contributed by atoms with Crippen molar-refractivity contribution in [1.82, 2.24) is 4.90 Å². The maximum Gasteiger partial charge on any atom is 0.253 e. The maximum atomic E-state index is 13.1. The monoisotopic (exact) mass is 385 g/mol. The molecule has 142 valence electrons. The third-order valence-electron chi connectivity index (χ3n) is 5.59. The second-order valence-electron chi connectivity index (χ2n) is 7.36. The molecule has 1 atom stereocenters. The molecule has 0 aromatic heterocycles. The van der Waals surface area contributed by atoms with Crippen LogP contribution in [0.4, 0.5) is 0 Å². The number of hydrogen-bond acceptors (Lipinski definition) is 3. The lowest BCUT2D eigenvalue weighted by atomic mass is 9.71. The molecule has 0 N–H and O–H groups in total. The van der Waals surface area contributed by atoms with Gasteiger partial charge in [0.1, 0.15) is 0 Å². The summed E-state index contributed by atoms with van der Waals surface area (Å²) in [6, 6.07) is 17.5. The topological polar surface area (TPSA) is 38.8 Å². The molecular weight excluding hydrogens is 362 g/mol. The molecule has 2 aromatic rings. The number of halogens is 1. The van der Waals surface area contributed by atoms with Gasteiger partial charge in [0.25, 0.3) is 5.91 Å². The van der Waals surface area contributed by atoms with Crippen LogP contribution in [0.3, 0.4) is 0 Å². The fourth-order valence-electron chi connectivity index (χ4n) is 4.24. The van der Waals surface area contributed by atoms with Gasteiger partial charge in [-0.1, -0.05) is 41.9 Å². The van der Waals surface area contributed by atoms with Gasteiger partial charge in [-0.15, -0.1) is 0 Å². The summed E-state index contributed by atoms with van der Waals surface area (Å²) in [4.78, 5) is 15.0. The number of rotatable bonds is 4. The molecule has 2 fully saturated rings. The van der Waals surface area contributed by atoms with Crippen LogP contribution in [0.5, 0.6) is 0 Å². The van der Waals surface area contributed by atoms with Crippen LogP contribution in [0.2, 0.25) is 5.02 Å². The van der Waals surface area contributed by atoms with Gasteiger partial charge in [-0.25, -0.2) is 0 Å². The van der Waals surface area contributed by atoms with E-state index in [9.17, 15) is 4.79 Å². The van der Waals surface area contributed by atoms with Gasteiger partial charge in [-0.3, -0.25) is 4.79 Å². The molecule has 4 nitrogen and oxygen atoms in total. The van der Waals surface area contributed by atoms with Gasteiger partial charge in [-0.05, 0) is 42.7 Å². The molecule has 2 saturated heterocycles. The fraction of sp³-hybridized carbons (Fsp3) is 0.409.